The van der Waals surface area contributed by atoms with Crippen LogP contribution >= 0.6 is 0 Å². The van der Waals surface area contributed by atoms with Gasteiger partial charge < -0.3 is 10.3 Å². The van der Waals surface area contributed by atoms with Crippen LogP contribution in [0.3, 0.4) is 0 Å². The highest BCUT2D eigenvalue weighted by Gasteiger charge is 2.10. The zero-order valence-electron chi connectivity index (χ0n) is 12.3. The molecule has 0 amide bonds. The summed E-state index contributed by atoms with van der Waals surface area (Å²) in [6.45, 7) is 7.40. The summed E-state index contributed by atoms with van der Waals surface area (Å²) in [5.74, 6) is 1.09. The Morgan fingerprint density at radius 3 is 2.68 bits per heavy atom. The first kappa shape index (κ1) is 13.8. The SMILES string of the molecule is CNCCCc1nc(-c2ccc(C)cc2C)c(C)[nH]1. The smallest absolute Gasteiger partial charge is 0.107 e. The first-order chi connectivity index (χ1) is 9.11. The molecule has 0 bridgehead atoms. The number of H-pyrrole nitrogens is 1. The third kappa shape index (κ3) is 3.24. The molecule has 19 heavy (non-hydrogen) atoms. The Bertz CT molecular complexity index is 555. The van der Waals surface area contributed by atoms with Gasteiger partial charge in [-0.15, -0.1) is 0 Å². The topological polar surface area (TPSA) is 40.7 Å². The summed E-state index contributed by atoms with van der Waals surface area (Å²) >= 11 is 0. The molecule has 2 N–H and O–H groups in total. The summed E-state index contributed by atoms with van der Waals surface area (Å²) in [5.41, 5.74) is 6.07. The Morgan fingerprint density at radius 2 is 2.00 bits per heavy atom. The highest BCUT2D eigenvalue weighted by Crippen LogP contribution is 2.25. The fourth-order valence-electron chi connectivity index (χ4n) is 2.41. The van der Waals surface area contributed by atoms with Crippen molar-refractivity contribution in [3.8, 4) is 11.3 Å². The van der Waals surface area contributed by atoms with E-state index in [1.54, 1.807) is 0 Å². The molecule has 1 heterocycles. The van der Waals surface area contributed by atoms with E-state index in [4.69, 9.17) is 4.98 Å². The van der Waals surface area contributed by atoms with Gasteiger partial charge in [-0.2, -0.15) is 0 Å². The van der Waals surface area contributed by atoms with Crippen LogP contribution in [-0.4, -0.2) is 23.6 Å². The third-order valence-corrected chi connectivity index (χ3v) is 3.41. The van der Waals surface area contributed by atoms with E-state index < -0.39 is 0 Å². The van der Waals surface area contributed by atoms with E-state index >= 15 is 0 Å². The van der Waals surface area contributed by atoms with Crippen molar-refractivity contribution >= 4 is 0 Å². The summed E-state index contributed by atoms with van der Waals surface area (Å²) in [5, 5.41) is 3.16. The number of aromatic amines is 1. The monoisotopic (exact) mass is 257 g/mol. The van der Waals surface area contributed by atoms with Crippen molar-refractivity contribution in [3.05, 3.63) is 40.8 Å². The van der Waals surface area contributed by atoms with Crippen LogP contribution in [0.4, 0.5) is 0 Å². The standard InChI is InChI=1S/C16H23N3/c1-11-7-8-14(12(2)10-11)16-13(3)18-15(19-16)6-5-9-17-4/h7-8,10,17H,5-6,9H2,1-4H3,(H,18,19). The predicted octanol–water partition coefficient (Wildman–Crippen LogP) is 3.15. The number of aromatic nitrogens is 2. The van der Waals surface area contributed by atoms with Crippen LogP contribution in [0.15, 0.2) is 18.2 Å². The lowest BCUT2D eigenvalue weighted by Gasteiger charge is -2.04. The van der Waals surface area contributed by atoms with Crippen LogP contribution in [0, 0.1) is 20.8 Å². The molecule has 0 unspecified atom stereocenters. The molecule has 0 saturated carbocycles. The zero-order valence-corrected chi connectivity index (χ0v) is 12.3. The molecule has 1 aromatic heterocycles. The maximum atomic E-state index is 4.76. The van der Waals surface area contributed by atoms with E-state index in [1.165, 1.54) is 16.7 Å². The largest absolute Gasteiger partial charge is 0.346 e. The van der Waals surface area contributed by atoms with E-state index in [2.05, 4.69) is 49.3 Å². The zero-order chi connectivity index (χ0) is 13.8. The fraction of sp³-hybridized carbons (Fsp3) is 0.438. The van der Waals surface area contributed by atoms with E-state index in [9.17, 15) is 0 Å². The summed E-state index contributed by atoms with van der Waals surface area (Å²) in [6.07, 6.45) is 2.10. The number of nitrogens with one attached hydrogen (secondary N) is 2. The Labute approximate surface area is 115 Å². The minimum absolute atomic E-state index is 0.993. The maximum Gasteiger partial charge on any atom is 0.107 e. The second-order valence-corrected chi connectivity index (χ2v) is 5.18. The van der Waals surface area contributed by atoms with Crippen LogP contribution in [0.25, 0.3) is 11.3 Å². The molecule has 3 nitrogen and oxygen atoms in total. The predicted molar refractivity (Wildman–Crippen MR) is 80.5 cm³/mol. The number of hydrogen-bond acceptors (Lipinski definition) is 2. The van der Waals surface area contributed by atoms with Gasteiger partial charge in [-0.05, 0) is 46.3 Å². The molecule has 0 aliphatic carbocycles. The molecule has 2 aromatic rings. The molecule has 2 rings (SSSR count). The van der Waals surface area contributed by atoms with Crippen molar-refractivity contribution < 1.29 is 0 Å². The van der Waals surface area contributed by atoms with Crippen molar-refractivity contribution in [3.63, 3.8) is 0 Å². The number of benzene rings is 1. The second kappa shape index (κ2) is 6.02. The lowest BCUT2D eigenvalue weighted by molar-refractivity contribution is 0.707. The molecular weight excluding hydrogens is 234 g/mol. The molecule has 0 spiro atoms. The molecule has 3 heteroatoms. The molecule has 102 valence electrons. The quantitative estimate of drug-likeness (QED) is 0.808. The first-order valence-electron chi connectivity index (χ1n) is 6.89. The van der Waals surface area contributed by atoms with E-state index in [1.807, 2.05) is 7.05 Å². The van der Waals surface area contributed by atoms with Gasteiger partial charge in [0.05, 0.1) is 5.69 Å². The Morgan fingerprint density at radius 1 is 1.21 bits per heavy atom. The van der Waals surface area contributed by atoms with Crippen molar-refractivity contribution in [2.75, 3.05) is 13.6 Å². The van der Waals surface area contributed by atoms with E-state index in [-0.39, 0.29) is 0 Å². The van der Waals surface area contributed by atoms with Gasteiger partial charge in [0.1, 0.15) is 5.82 Å². The number of rotatable bonds is 5. The summed E-state index contributed by atoms with van der Waals surface area (Å²) in [7, 11) is 1.98. The number of imidazole rings is 1. The molecule has 0 radical (unpaired) electrons. The Kier molecular flexibility index (Phi) is 4.38. The summed E-state index contributed by atoms with van der Waals surface area (Å²) in [4.78, 5) is 8.16. The van der Waals surface area contributed by atoms with Gasteiger partial charge in [-0.25, -0.2) is 4.98 Å². The van der Waals surface area contributed by atoms with Crippen molar-refractivity contribution in [2.45, 2.75) is 33.6 Å². The van der Waals surface area contributed by atoms with Crippen molar-refractivity contribution in [1.82, 2.24) is 15.3 Å². The summed E-state index contributed by atoms with van der Waals surface area (Å²) in [6, 6.07) is 6.53. The van der Waals surface area contributed by atoms with Gasteiger partial charge in [-0.3, -0.25) is 0 Å². The van der Waals surface area contributed by atoms with Gasteiger partial charge in [-0.1, -0.05) is 23.8 Å². The van der Waals surface area contributed by atoms with Gasteiger partial charge >= 0.3 is 0 Å². The van der Waals surface area contributed by atoms with Crippen LogP contribution in [0.1, 0.15) is 29.1 Å². The van der Waals surface area contributed by atoms with Gasteiger partial charge in [0.2, 0.25) is 0 Å². The van der Waals surface area contributed by atoms with Gasteiger partial charge in [0, 0.05) is 17.7 Å². The highest BCUT2D eigenvalue weighted by molar-refractivity contribution is 5.66. The fourth-order valence-corrected chi connectivity index (χ4v) is 2.41. The van der Waals surface area contributed by atoms with Gasteiger partial charge in [0.25, 0.3) is 0 Å². The minimum atomic E-state index is 0.993. The molecule has 0 saturated heterocycles. The maximum absolute atomic E-state index is 4.76. The second-order valence-electron chi connectivity index (χ2n) is 5.18. The molecule has 0 aliphatic heterocycles. The average Bonchev–Trinajstić information content (AvgIpc) is 2.71. The molecule has 0 aliphatic rings. The molecule has 0 fully saturated rings. The van der Waals surface area contributed by atoms with Crippen LogP contribution in [-0.2, 0) is 6.42 Å². The van der Waals surface area contributed by atoms with E-state index in [0.29, 0.717) is 0 Å². The van der Waals surface area contributed by atoms with Crippen LogP contribution in [0.2, 0.25) is 0 Å². The number of hydrogen-bond donors (Lipinski definition) is 2. The number of aryl methyl sites for hydroxylation is 4. The molecular formula is C16H23N3. The van der Waals surface area contributed by atoms with Crippen molar-refractivity contribution in [2.24, 2.45) is 0 Å². The molecule has 0 atom stereocenters. The van der Waals surface area contributed by atoms with Crippen molar-refractivity contribution in [1.29, 1.82) is 0 Å². The minimum Gasteiger partial charge on any atom is -0.346 e. The first-order valence-corrected chi connectivity index (χ1v) is 6.89. The lowest BCUT2D eigenvalue weighted by atomic mass is 10.0. The number of nitrogens with zero attached hydrogens (tertiary/aromatic N) is 1. The Hall–Kier alpha value is -1.61. The van der Waals surface area contributed by atoms with Crippen LogP contribution < -0.4 is 5.32 Å². The van der Waals surface area contributed by atoms with Crippen LogP contribution in [0.5, 0.6) is 0 Å². The Balaban J connectivity index is 2.24. The normalized spacial score (nSPS) is 10.9. The van der Waals surface area contributed by atoms with E-state index in [0.717, 1.165) is 36.6 Å². The van der Waals surface area contributed by atoms with Gasteiger partial charge in [0.15, 0.2) is 0 Å². The third-order valence-electron chi connectivity index (χ3n) is 3.41. The summed E-state index contributed by atoms with van der Waals surface area (Å²) < 4.78 is 0. The average molecular weight is 257 g/mol. The lowest BCUT2D eigenvalue weighted by Crippen LogP contribution is -2.08. The molecule has 1 aromatic carbocycles. The highest BCUT2D eigenvalue weighted by atomic mass is 14.9.